The van der Waals surface area contributed by atoms with E-state index >= 15 is 0 Å². The number of rotatable bonds is 5. The van der Waals surface area contributed by atoms with Gasteiger partial charge in [0.1, 0.15) is 12.9 Å². The Morgan fingerprint density at radius 2 is 2.00 bits per heavy atom. The summed E-state index contributed by atoms with van der Waals surface area (Å²) in [5, 5.41) is 2.77. The average molecular weight is 311 g/mol. The fraction of sp³-hybridized carbons (Fsp3) is 0.273. The van der Waals surface area contributed by atoms with Gasteiger partial charge < -0.3 is 14.8 Å². The molecule has 18 heavy (non-hydrogen) atoms. The Bertz CT molecular complexity index is 432. The fourth-order valence-electron chi connectivity index (χ4n) is 1.19. The van der Waals surface area contributed by atoms with Crippen LogP contribution in [0.2, 0.25) is 0 Å². The van der Waals surface area contributed by atoms with Crippen molar-refractivity contribution in [3.05, 3.63) is 29.8 Å². The predicted molar refractivity (Wildman–Crippen MR) is 71.6 cm³/mol. The lowest BCUT2D eigenvalue weighted by Gasteiger charge is -2.13. The maximum Gasteiger partial charge on any atom is 0.340 e. The lowest BCUT2D eigenvalue weighted by Crippen LogP contribution is -2.18. The molecule has 0 aliphatic carbocycles. The van der Waals surface area contributed by atoms with E-state index in [0.717, 1.165) is 0 Å². The standard InChI is InChI=1S/C11H10Cl3NO3/c12-11(13,14)7-18-10(17)8-3-1-2-4-9(8)15-5-6-16/h1-4,6,15H,5,7H2. The first-order valence-corrected chi connectivity index (χ1v) is 6.08. The summed E-state index contributed by atoms with van der Waals surface area (Å²) in [6.45, 7) is -0.257. The summed E-state index contributed by atoms with van der Waals surface area (Å²) in [5.41, 5.74) is 0.757. The number of halogens is 3. The lowest BCUT2D eigenvalue weighted by molar-refractivity contribution is -0.106. The van der Waals surface area contributed by atoms with Gasteiger partial charge in [0, 0.05) is 5.69 Å². The number of alkyl halides is 3. The summed E-state index contributed by atoms with van der Waals surface area (Å²) < 4.78 is 3.20. The van der Waals surface area contributed by atoms with Crippen molar-refractivity contribution in [1.29, 1.82) is 0 Å². The molecule has 1 N–H and O–H groups in total. The predicted octanol–water partition coefficient (Wildman–Crippen LogP) is 2.82. The van der Waals surface area contributed by atoms with Crippen molar-refractivity contribution in [3.8, 4) is 0 Å². The second-order valence-corrected chi connectivity index (χ2v) is 5.80. The molecule has 0 aliphatic rings. The van der Waals surface area contributed by atoms with Crippen LogP contribution in [0.25, 0.3) is 0 Å². The van der Waals surface area contributed by atoms with E-state index in [9.17, 15) is 9.59 Å². The first-order valence-electron chi connectivity index (χ1n) is 4.94. The minimum absolute atomic E-state index is 0.0920. The smallest absolute Gasteiger partial charge is 0.340 e. The Morgan fingerprint density at radius 3 is 2.61 bits per heavy atom. The first-order chi connectivity index (χ1) is 8.44. The number of hydrogen-bond acceptors (Lipinski definition) is 4. The van der Waals surface area contributed by atoms with E-state index < -0.39 is 9.76 Å². The molecular weight excluding hydrogens is 300 g/mol. The number of carbonyl (C=O) groups excluding carboxylic acids is 2. The van der Waals surface area contributed by atoms with Gasteiger partial charge in [-0.1, -0.05) is 46.9 Å². The molecule has 0 aliphatic heterocycles. The normalized spacial score (nSPS) is 10.8. The van der Waals surface area contributed by atoms with Gasteiger partial charge in [-0.25, -0.2) is 4.79 Å². The number of ether oxygens (including phenoxy) is 1. The van der Waals surface area contributed by atoms with Crippen LogP contribution in [0.3, 0.4) is 0 Å². The van der Waals surface area contributed by atoms with Gasteiger partial charge in [0.15, 0.2) is 0 Å². The third-order valence-corrected chi connectivity index (χ3v) is 2.22. The first kappa shape index (κ1) is 15.1. The van der Waals surface area contributed by atoms with Crippen LogP contribution in [0.5, 0.6) is 0 Å². The van der Waals surface area contributed by atoms with Crippen molar-refractivity contribution in [2.75, 3.05) is 18.5 Å². The average Bonchev–Trinajstić information content (AvgIpc) is 2.33. The summed E-state index contributed by atoms with van der Waals surface area (Å²) in [7, 11) is 0. The number of nitrogens with one attached hydrogen (secondary N) is 1. The van der Waals surface area contributed by atoms with E-state index in [2.05, 4.69) is 5.32 Å². The quantitative estimate of drug-likeness (QED) is 0.516. The van der Waals surface area contributed by atoms with Gasteiger partial charge in [-0.05, 0) is 12.1 Å². The maximum atomic E-state index is 11.7. The maximum absolute atomic E-state index is 11.7. The van der Waals surface area contributed by atoms with E-state index in [1.54, 1.807) is 24.3 Å². The topological polar surface area (TPSA) is 55.4 Å². The Hall–Kier alpha value is -0.970. The molecule has 0 saturated carbocycles. The molecule has 7 heteroatoms. The summed E-state index contributed by atoms with van der Waals surface area (Å²) in [6, 6.07) is 6.58. The van der Waals surface area contributed by atoms with Crippen LogP contribution < -0.4 is 5.32 Å². The van der Waals surface area contributed by atoms with Gasteiger partial charge in [-0.15, -0.1) is 0 Å². The molecule has 0 radical (unpaired) electrons. The van der Waals surface area contributed by atoms with E-state index in [-0.39, 0.29) is 18.7 Å². The number of hydrogen-bond donors (Lipinski definition) is 1. The van der Waals surface area contributed by atoms with Gasteiger partial charge >= 0.3 is 5.97 Å². The number of aldehydes is 1. The monoisotopic (exact) mass is 309 g/mol. The minimum Gasteiger partial charge on any atom is -0.457 e. The molecule has 1 aromatic rings. The highest BCUT2D eigenvalue weighted by molar-refractivity contribution is 6.67. The van der Waals surface area contributed by atoms with Crippen LogP contribution >= 0.6 is 34.8 Å². The molecule has 98 valence electrons. The molecule has 4 nitrogen and oxygen atoms in total. The molecule has 0 heterocycles. The molecule has 0 fully saturated rings. The number of esters is 1. The molecule has 1 aromatic carbocycles. The van der Waals surface area contributed by atoms with E-state index in [0.29, 0.717) is 12.0 Å². The van der Waals surface area contributed by atoms with E-state index in [1.807, 2.05) is 0 Å². The van der Waals surface area contributed by atoms with E-state index in [4.69, 9.17) is 39.5 Å². The molecule has 0 bridgehead atoms. The van der Waals surface area contributed by atoms with Crippen LogP contribution in [0.4, 0.5) is 5.69 Å². The van der Waals surface area contributed by atoms with Crippen molar-refractivity contribution >= 4 is 52.7 Å². The molecule has 0 unspecified atom stereocenters. The fourth-order valence-corrected chi connectivity index (χ4v) is 1.36. The SMILES string of the molecule is O=CCNc1ccccc1C(=O)OCC(Cl)(Cl)Cl. The molecule has 0 aromatic heterocycles. The molecule has 0 amide bonds. The second kappa shape index (κ2) is 6.83. The zero-order valence-corrected chi connectivity index (χ0v) is 11.4. The zero-order chi connectivity index (χ0) is 13.6. The third kappa shape index (κ3) is 5.12. The summed E-state index contributed by atoms with van der Waals surface area (Å²) >= 11 is 16.4. The van der Waals surface area contributed by atoms with Crippen LogP contribution in [-0.2, 0) is 9.53 Å². The number of anilines is 1. The van der Waals surface area contributed by atoms with Gasteiger partial charge in [0.05, 0.1) is 12.1 Å². The summed E-state index contributed by atoms with van der Waals surface area (Å²) in [4.78, 5) is 22.0. The van der Waals surface area contributed by atoms with Crippen molar-refractivity contribution < 1.29 is 14.3 Å². The van der Waals surface area contributed by atoms with Crippen LogP contribution in [0.1, 0.15) is 10.4 Å². The molecular formula is C11H10Cl3NO3. The second-order valence-electron chi connectivity index (χ2n) is 3.28. The Balaban J connectivity index is 2.75. The van der Waals surface area contributed by atoms with Gasteiger partial charge in [0.2, 0.25) is 3.79 Å². The van der Waals surface area contributed by atoms with Crippen LogP contribution in [0, 0.1) is 0 Å². The summed E-state index contributed by atoms with van der Waals surface area (Å²) in [5.74, 6) is -0.629. The third-order valence-electron chi connectivity index (χ3n) is 1.89. The summed E-state index contributed by atoms with van der Waals surface area (Å²) in [6.07, 6.45) is 0.684. The highest BCUT2D eigenvalue weighted by Gasteiger charge is 2.23. The highest BCUT2D eigenvalue weighted by atomic mass is 35.6. The number of para-hydroxylation sites is 1. The largest absolute Gasteiger partial charge is 0.457 e. The van der Waals surface area contributed by atoms with Gasteiger partial charge in [-0.3, -0.25) is 0 Å². The minimum atomic E-state index is -1.65. The molecule has 0 saturated heterocycles. The zero-order valence-electron chi connectivity index (χ0n) is 9.16. The number of benzene rings is 1. The lowest BCUT2D eigenvalue weighted by atomic mass is 10.2. The Kier molecular flexibility index (Phi) is 5.72. The van der Waals surface area contributed by atoms with Crippen LogP contribution in [-0.4, -0.2) is 29.2 Å². The van der Waals surface area contributed by atoms with Gasteiger partial charge in [-0.2, -0.15) is 0 Å². The molecule has 1 rings (SSSR count). The number of carbonyl (C=O) groups is 2. The van der Waals surface area contributed by atoms with E-state index in [1.165, 1.54) is 0 Å². The van der Waals surface area contributed by atoms with Crippen molar-refractivity contribution in [1.82, 2.24) is 0 Å². The molecule has 0 spiro atoms. The van der Waals surface area contributed by atoms with Crippen LogP contribution in [0.15, 0.2) is 24.3 Å². The van der Waals surface area contributed by atoms with Crippen molar-refractivity contribution in [2.24, 2.45) is 0 Å². The molecule has 0 atom stereocenters. The Morgan fingerprint density at radius 1 is 1.33 bits per heavy atom. The Labute approximate surface area is 119 Å². The van der Waals surface area contributed by atoms with Crippen molar-refractivity contribution in [3.63, 3.8) is 0 Å². The highest BCUT2D eigenvalue weighted by Crippen LogP contribution is 2.26. The van der Waals surface area contributed by atoms with Gasteiger partial charge in [0.25, 0.3) is 0 Å². The van der Waals surface area contributed by atoms with Crippen molar-refractivity contribution in [2.45, 2.75) is 3.79 Å².